The first kappa shape index (κ1) is 12.3. The van der Waals surface area contributed by atoms with Crippen LogP contribution in [0.15, 0.2) is 12.2 Å². The van der Waals surface area contributed by atoms with Gasteiger partial charge in [-0.25, -0.2) is 0 Å². The third kappa shape index (κ3) is 1.89. The van der Waals surface area contributed by atoms with Crippen molar-refractivity contribution in [1.29, 1.82) is 0 Å². The predicted molar refractivity (Wildman–Crippen MR) is 66.3 cm³/mol. The van der Waals surface area contributed by atoms with E-state index in [9.17, 15) is 9.90 Å². The van der Waals surface area contributed by atoms with Gasteiger partial charge < -0.3 is 14.6 Å². The van der Waals surface area contributed by atoms with E-state index in [1.807, 2.05) is 19.1 Å². The van der Waals surface area contributed by atoms with Crippen LogP contribution >= 0.6 is 22.6 Å². The molecule has 0 aromatic carbocycles. The first-order chi connectivity index (χ1) is 7.56. The molecule has 4 nitrogen and oxygen atoms in total. The Morgan fingerprint density at radius 2 is 2.19 bits per heavy atom. The normalized spacial score (nSPS) is 48.1. The molecule has 5 heteroatoms. The molecule has 0 unspecified atom stereocenters. The fraction of sp³-hybridized carbons (Fsp3) is 0.727. The molecule has 0 amide bonds. The topological polar surface area (TPSA) is 55.8 Å². The summed E-state index contributed by atoms with van der Waals surface area (Å²) in [6.07, 6.45) is 2.35. The Morgan fingerprint density at radius 3 is 2.81 bits per heavy atom. The van der Waals surface area contributed by atoms with Crippen molar-refractivity contribution in [2.75, 3.05) is 0 Å². The fourth-order valence-electron chi connectivity index (χ4n) is 2.27. The number of allylic oxidation sites excluding steroid dienone is 1. The number of alkyl halides is 1. The summed E-state index contributed by atoms with van der Waals surface area (Å²) >= 11 is 2.13. The van der Waals surface area contributed by atoms with Crippen LogP contribution in [0.3, 0.4) is 0 Å². The molecule has 0 saturated carbocycles. The smallest absolute Gasteiger partial charge is 0.314 e. The molecule has 16 heavy (non-hydrogen) atoms. The molecule has 90 valence electrons. The van der Waals surface area contributed by atoms with Gasteiger partial charge in [-0.05, 0) is 13.8 Å². The molecule has 0 spiro atoms. The van der Waals surface area contributed by atoms with E-state index in [1.165, 1.54) is 0 Å². The molecule has 2 heterocycles. The molecular formula is C11H15IO4. The van der Waals surface area contributed by atoms with Crippen LogP contribution in [-0.2, 0) is 14.3 Å². The van der Waals surface area contributed by atoms with Crippen molar-refractivity contribution in [1.82, 2.24) is 0 Å². The Balaban J connectivity index is 2.23. The van der Waals surface area contributed by atoms with Gasteiger partial charge in [0.1, 0.15) is 18.1 Å². The Bertz CT molecular complexity index is 317. The van der Waals surface area contributed by atoms with E-state index < -0.39 is 12.0 Å². The SMILES string of the molecule is C/C=C/[C@H]1O[C@@H]2[C@H](C(=O)O[C@H]2C)[C@@H](O)[C@@H]1I. The van der Waals surface area contributed by atoms with E-state index in [1.54, 1.807) is 6.92 Å². The monoisotopic (exact) mass is 338 g/mol. The number of aliphatic hydroxyl groups is 1. The standard InChI is InChI=1S/C11H15IO4/c1-3-4-6-8(12)9(13)7-10(16-6)5(2)15-11(7)14/h3-10,13H,1-2H3/b4-3+/t5-,6+,7+,8+,9+,10-/m0/s1. The number of hydrogen-bond acceptors (Lipinski definition) is 4. The number of aliphatic hydroxyl groups excluding tert-OH is 1. The van der Waals surface area contributed by atoms with Crippen LogP contribution in [0.1, 0.15) is 13.8 Å². The Morgan fingerprint density at radius 1 is 1.50 bits per heavy atom. The van der Waals surface area contributed by atoms with Crippen LogP contribution in [0.2, 0.25) is 0 Å². The lowest BCUT2D eigenvalue weighted by molar-refractivity contribution is -0.148. The van der Waals surface area contributed by atoms with Gasteiger partial charge in [-0.1, -0.05) is 34.7 Å². The zero-order chi connectivity index (χ0) is 11.9. The van der Waals surface area contributed by atoms with Gasteiger partial charge in [0.15, 0.2) is 0 Å². The van der Waals surface area contributed by atoms with Crippen molar-refractivity contribution in [3.05, 3.63) is 12.2 Å². The van der Waals surface area contributed by atoms with Gasteiger partial charge in [0.25, 0.3) is 0 Å². The van der Waals surface area contributed by atoms with Crippen molar-refractivity contribution in [2.45, 2.75) is 42.2 Å². The van der Waals surface area contributed by atoms with E-state index >= 15 is 0 Å². The van der Waals surface area contributed by atoms with Crippen LogP contribution in [0.25, 0.3) is 0 Å². The number of halogens is 1. The van der Waals surface area contributed by atoms with E-state index in [4.69, 9.17) is 9.47 Å². The first-order valence-electron chi connectivity index (χ1n) is 5.37. The molecule has 1 N–H and O–H groups in total. The van der Waals surface area contributed by atoms with Gasteiger partial charge in [-0.3, -0.25) is 4.79 Å². The molecule has 0 aromatic heterocycles. The lowest BCUT2D eigenvalue weighted by Crippen LogP contribution is -2.52. The number of rotatable bonds is 1. The Kier molecular flexibility index (Phi) is 3.56. The minimum atomic E-state index is -0.696. The minimum absolute atomic E-state index is 0.118. The van der Waals surface area contributed by atoms with Crippen molar-refractivity contribution in [3.63, 3.8) is 0 Å². The van der Waals surface area contributed by atoms with Crippen LogP contribution in [0, 0.1) is 5.92 Å². The highest BCUT2D eigenvalue weighted by molar-refractivity contribution is 14.1. The number of carbonyl (C=O) groups is 1. The number of fused-ring (bicyclic) bond motifs is 1. The largest absolute Gasteiger partial charge is 0.460 e. The van der Waals surface area contributed by atoms with E-state index in [0.29, 0.717) is 0 Å². The molecule has 2 saturated heterocycles. The first-order valence-corrected chi connectivity index (χ1v) is 6.61. The molecule has 0 bridgehead atoms. The summed E-state index contributed by atoms with van der Waals surface area (Å²) in [5, 5.41) is 10.1. The zero-order valence-corrected chi connectivity index (χ0v) is 11.3. The van der Waals surface area contributed by atoms with Gasteiger partial charge in [0.05, 0.1) is 16.1 Å². The highest BCUT2D eigenvalue weighted by Gasteiger charge is 2.54. The molecule has 2 rings (SSSR count). The highest BCUT2D eigenvalue weighted by Crippen LogP contribution is 2.38. The molecule has 0 aromatic rings. The second-order valence-corrected chi connectivity index (χ2v) is 5.63. The number of esters is 1. The van der Waals surface area contributed by atoms with E-state index in [-0.39, 0.29) is 28.2 Å². The number of ether oxygens (including phenoxy) is 2. The molecule has 2 aliphatic heterocycles. The van der Waals surface area contributed by atoms with Gasteiger partial charge in [0, 0.05) is 0 Å². The van der Waals surface area contributed by atoms with Crippen LogP contribution in [0.5, 0.6) is 0 Å². The molecular weight excluding hydrogens is 323 g/mol. The Hall–Kier alpha value is -0.140. The number of hydrogen-bond donors (Lipinski definition) is 1. The quantitative estimate of drug-likeness (QED) is 0.336. The van der Waals surface area contributed by atoms with Crippen LogP contribution < -0.4 is 0 Å². The summed E-state index contributed by atoms with van der Waals surface area (Å²) < 4.78 is 10.8. The third-order valence-electron chi connectivity index (χ3n) is 3.10. The summed E-state index contributed by atoms with van der Waals surface area (Å²) in [6.45, 7) is 3.71. The second kappa shape index (κ2) is 4.62. The van der Waals surface area contributed by atoms with Crippen molar-refractivity contribution in [2.24, 2.45) is 5.92 Å². The van der Waals surface area contributed by atoms with Crippen LogP contribution in [0.4, 0.5) is 0 Å². The van der Waals surface area contributed by atoms with Gasteiger partial charge >= 0.3 is 5.97 Å². The number of carbonyl (C=O) groups excluding carboxylic acids is 1. The maximum Gasteiger partial charge on any atom is 0.314 e. The summed E-state index contributed by atoms with van der Waals surface area (Å²) in [5.41, 5.74) is 0. The second-order valence-electron chi connectivity index (χ2n) is 4.19. The average molecular weight is 338 g/mol. The third-order valence-corrected chi connectivity index (χ3v) is 4.54. The van der Waals surface area contributed by atoms with Crippen LogP contribution in [-0.4, -0.2) is 39.4 Å². The fourth-order valence-corrected chi connectivity index (χ4v) is 3.13. The van der Waals surface area contributed by atoms with E-state index in [0.717, 1.165) is 0 Å². The average Bonchev–Trinajstić information content (AvgIpc) is 2.50. The van der Waals surface area contributed by atoms with Crippen molar-refractivity contribution < 1.29 is 19.4 Å². The van der Waals surface area contributed by atoms with Gasteiger partial charge in [-0.2, -0.15) is 0 Å². The maximum absolute atomic E-state index is 11.6. The minimum Gasteiger partial charge on any atom is -0.460 e. The summed E-state index contributed by atoms with van der Waals surface area (Å²) in [7, 11) is 0. The van der Waals surface area contributed by atoms with Crippen molar-refractivity contribution in [3.8, 4) is 0 Å². The predicted octanol–water partition coefficient (Wildman–Crippen LogP) is 1.06. The Labute approximate surface area is 108 Å². The molecule has 0 radical (unpaired) electrons. The number of cyclic esters (lactones) is 1. The lowest BCUT2D eigenvalue weighted by Gasteiger charge is -2.37. The molecule has 0 aliphatic carbocycles. The lowest BCUT2D eigenvalue weighted by atomic mass is 9.88. The zero-order valence-electron chi connectivity index (χ0n) is 9.17. The molecule has 2 fully saturated rings. The van der Waals surface area contributed by atoms with Gasteiger partial charge in [0.2, 0.25) is 0 Å². The summed E-state index contributed by atoms with van der Waals surface area (Å²) in [5.74, 6) is -0.871. The summed E-state index contributed by atoms with van der Waals surface area (Å²) in [6, 6.07) is 0. The van der Waals surface area contributed by atoms with Gasteiger partial charge in [-0.15, -0.1) is 0 Å². The highest BCUT2D eigenvalue weighted by atomic mass is 127. The molecule has 6 atom stereocenters. The van der Waals surface area contributed by atoms with E-state index in [2.05, 4.69) is 22.6 Å². The maximum atomic E-state index is 11.6. The molecule has 2 aliphatic rings. The van der Waals surface area contributed by atoms with Crippen molar-refractivity contribution >= 4 is 28.6 Å². The summed E-state index contributed by atoms with van der Waals surface area (Å²) in [4.78, 5) is 11.6.